The second-order valence-corrected chi connectivity index (χ2v) is 6.52. The van der Waals surface area contributed by atoms with Crippen LogP contribution in [0.5, 0.6) is 5.75 Å². The molecule has 0 atom stereocenters. The summed E-state index contributed by atoms with van der Waals surface area (Å²) < 4.78 is 10.4. The fourth-order valence-corrected chi connectivity index (χ4v) is 3.31. The average molecular weight is 352 g/mol. The monoisotopic (exact) mass is 352 g/mol. The van der Waals surface area contributed by atoms with Crippen LogP contribution in [0.3, 0.4) is 0 Å². The molecule has 6 nitrogen and oxygen atoms in total. The number of aryl methyl sites for hydroxylation is 1. The minimum atomic E-state index is 0.544. The standard InChI is InChI=1S/C18H16N4O2S/c1-11-19-17(24-22-11)13-5-3-12(4-6-13)10-25-18-20-15-8-7-14(23-2)9-16(15)21-18/h3-9H,10H2,1-2H3,(H,20,21). The summed E-state index contributed by atoms with van der Waals surface area (Å²) in [6.45, 7) is 1.81. The van der Waals surface area contributed by atoms with E-state index < -0.39 is 0 Å². The Labute approximate surface area is 148 Å². The maximum Gasteiger partial charge on any atom is 0.257 e. The molecule has 0 fully saturated rings. The summed E-state index contributed by atoms with van der Waals surface area (Å²) in [5.41, 5.74) is 4.03. The Morgan fingerprint density at radius 1 is 1.12 bits per heavy atom. The Morgan fingerprint density at radius 2 is 1.96 bits per heavy atom. The Balaban J connectivity index is 1.46. The van der Waals surface area contributed by atoms with Crippen molar-refractivity contribution in [2.24, 2.45) is 0 Å². The lowest BCUT2D eigenvalue weighted by Crippen LogP contribution is -1.84. The second-order valence-electron chi connectivity index (χ2n) is 5.56. The highest BCUT2D eigenvalue weighted by Crippen LogP contribution is 2.26. The summed E-state index contributed by atoms with van der Waals surface area (Å²) >= 11 is 1.66. The smallest absolute Gasteiger partial charge is 0.257 e. The number of ether oxygens (including phenoxy) is 1. The molecule has 0 unspecified atom stereocenters. The lowest BCUT2D eigenvalue weighted by molar-refractivity contribution is 0.415. The number of benzene rings is 2. The van der Waals surface area contributed by atoms with E-state index in [1.54, 1.807) is 25.8 Å². The number of hydrogen-bond acceptors (Lipinski definition) is 6. The van der Waals surface area contributed by atoms with Crippen molar-refractivity contribution in [2.75, 3.05) is 7.11 Å². The van der Waals surface area contributed by atoms with Crippen molar-refractivity contribution in [1.29, 1.82) is 0 Å². The predicted molar refractivity (Wildman–Crippen MR) is 96.7 cm³/mol. The molecule has 7 heteroatoms. The third kappa shape index (κ3) is 3.36. The number of hydrogen-bond donors (Lipinski definition) is 1. The van der Waals surface area contributed by atoms with Gasteiger partial charge in [-0.3, -0.25) is 0 Å². The van der Waals surface area contributed by atoms with Gasteiger partial charge in [0.15, 0.2) is 11.0 Å². The van der Waals surface area contributed by atoms with Crippen LogP contribution in [0.15, 0.2) is 52.1 Å². The minimum absolute atomic E-state index is 0.544. The highest BCUT2D eigenvalue weighted by molar-refractivity contribution is 7.98. The van der Waals surface area contributed by atoms with Crippen molar-refractivity contribution >= 4 is 22.8 Å². The average Bonchev–Trinajstić information content (AvgIpc) is 3.25. The number of imidazole rings is 1. The van der Waals surface area contributed by atoms with E-state index in [9.17, 15) is 0 Å². The fraction of sp³-hybridized carbons (Fsp3) is 0.167. The summed E-state index contributed by atoms with van der Waals surface area (Å²) in [5, 5.41) is 4.70. The lowest BCUT2D eigenvalue weighted by Gasteiger charge is -2.00. The van der Waals surface area contributed by atoms with Crippen LogP contribution in [-0.2, 0) is 5.75 Å². The molecule has 0 aliphatic carbocycles. The topological polar surface area (TPSA) is 76.8 Å². The van der Waals surface area contributed by atoms with Crippen molar-refractivity contribution in [2.45, 2.75) is 17.8 Å². The molecule has 25 heavy (non-hydrogen) atoms. The predicted octanol–water partition coefficient (Wildman–Crippen LogP) is 4.22. The molecule has 0 spiro atoms. The number of nitrogens with one attached hydrogen (secondary N) is 1. The Hall–Kier alpha value is -2.80. The van der Waals surface area contributed by atoms with Gasteiger partial charge >= 0.3 is 0 Å². The summed E-state index contributed by atoms with van der Waals surface area (Å²) in [7, 11) is 1.66. The zero-order valence-corrected chi connectivity index (χ0v) is 14.6. The van der Waals surface area contributed by atoms with Crippen molar-refractivity contribution < 1.29 is 9.26 Å². The molecule has 0 saturated heterocycles. The molecule has 0 bridgehead atoms. The van der Waals surface area contributed by atoms with Gasteiger partial charge in [-0.25, -0.2) is 4.98 Å². The van der Waals surface area contributed by atoms with Gasteiger partial charge in [0.25, 0.3) is 5.89 Å². The van der Waals surface area contributed by atoms with Crippen molar-refractivity contribution in [3.63, 3.8) is 0 Å². The van der Waals surface area contributed by atoms with Gasteiger partial charge < -0.3 is 14.2 Å². The third-order valence-corrected chi connectivity index (χ3v) is 4.72. The SMILES string of the molecule is COc1ccc2nc(SCc3ccc(-c4nc(C)no4)cc3)[nH]c2c1. The van der Waals surface area contributed by atoms with Gasteiger partial charge in [-0.15, -0.1) is 0 Å². The van der Waals surface area contributed by atoms with Gasteiger partial charge in [0, 0.05) is 17.4 Å². The number of methoxy groups -OCH3 is 1. The van der Waals surface area contributed by atoms with Crippen LogP contribution in [0.25, 0.3) is 22.5 Å². The zero-order chi connectivity index (χ0) is 17.2. The molecule has 0 aliphatic rings. The lowest BCUT2D eigenvalue weighted by atomic mass is 10.1. The van der Waals surface area contributed by atoms with Crippen LogP contribution >= 0.6 is 11.8 Å². The van der Waals surface area contributed by atoms with Crippen LogP contribution < -0.4 is 4.74 Å². The van der Waals surface area contributed by atoms with E-state index in [0.29, 0.717) is 11.7 Å². The number of H-pyrrole nitrogens is 1. The van der Waals surface area contributed by atoms with E-state index >= 15 is 0 Å². The first kappa shape index (κ1) is 15.7. The van der Waals surface area contributed by atoms with Gasteiger partial charge in [0.2, 0.25) is 0 Å². The van der Waals surface area contributed by atoms with Crippen molar-refractivity contribution in [1.82, 2.24) is 20.1 Å². The zero-order valence-electron chi connectivity index (χ0n) is 13.8. The van der Waals surface area contributed by atoms with Gasteiger partial charge in [0.05, 0.1) is 18.1 Å². The van der Waals surface area contributed by atoms with Crippen molar-refractivity contribution in [3.05, 3.63) is 53.9 Å². The molecule has 4 rings (SSSR count). The molecular weight excluding hydrogens is 336 g/mol. The van der Waals surface area contributed by atoms with Crippen LogP contribution in [0, 0.1) is 6.92 Å². The third-order valence-electron chi connectivity index (χ3n) is 3.77. The number of nitrogens with zero attached hydrogens (tertiary/aromatic N) is 3. The number of rotatable bonds is 5. The molecule has 0 aliphatic heterocycles. The number of fused-ring (bicyclic) bond motifs is 1. The Kier molecular flexibility index (Phi) is 4.15. The van der Waals surface area contributed by atoms with E-state index in [4.69, 9.17) is 9.26 Å². The van der Waals surface area contributed by atoms with Crippen LogP contribution in [-0.4, -0.2) is 27.2 Å². The van der Waals surface area contributed by atoms with Crippen LogP contribution in [0.1, 0.15) is 11.4 Å². The molecule has 0 saturated carbocycles. The van der Waals surface area contributed by atoms with Crippen LogP contribution in [0.2, 0.25) is 0 Å². The molecule has 2 aromatic carbocycles. The van der Waals surface area contributed by atoms with Gasteiger partial charge in [0.1, 0.15) is 5.75 Å². The number of aromatic nitrogens is 4. The van der Waals surface area contributed by atoms with Crippen LogP contribution in [0.4, 0.5) is 0 Å². The first-order chi connectivity index (χ1) is 12.2. The summed E-state index contributed by atoms with van der Waals surface area (Å²) in [4.78, 5) is 12.1. The highest BCUT2D eigenvalue weighted by atomic mass is 32.2. The van der Waals surface area contributed by atoms with E-state index in [0.717, 1.165) is 33.3 Å². The molecule has 0 radical (unpaired) electrons. The summed E-state index contributed by atoms with van der Waals surface area (Å²) in [6, 6.07) is 13.9. The fourth-order valence-electron chi connectivity index (χ4n) is 2.47. The second kappa shape index (κ2) is 6.60. The summed E-state index contributed by atoms with van der Waals surface area (Å²) in [6.07, 6.45) is 0. The summed E-state index contributed by atoms with van der Waals surface area (Å²) in [5.74, 6) is 2.82. The maximum absolute atomic E-state index is 5.24. The molecular formula is C18H16N4O2S. The normalized spacial score (nSPS) is 11.1. The molecule has 2 aromatic heterocycles. The van der Waals surface area contributed by atoms with E-state index in [-0.39, 0.29) is 0 Å². The number of thioether (sulfide) groups is 1. The first-order valence-electron chi connectivity index (χ1n) is 7.77. The number of aromatic amines is 1. The Morgan fingerprint density at radius 3 is 2.68 bits per heavy atom. The van der Waals surface area contributed by atoms with E-state index in [2.05, 4.69) is 32.2 Å². The van der Waals surface area contributed by atoms with Gasteiger partial charge in [-0.2, -0.15) is 4.98 Å². The van der Waals surface area contributed by atoms with Gasteiger partial charge in [-0.1, -0.05) is 29.1 Å². The highest BCUT2D eigenvalue weighted by Gasteiger charge is 2.08. The largest absolute Gasteiger partial charge is 0.497 e. The Bertz CT molecular complexity index is 1010. The van der Waals surface area contributed by atoms with Gasteiger partial charge in [-0.05, 0) is 36.8 Å². The maximum atomic E-state index is 5.24. The molecule has 0 amide bonds. The van der Waals surface area contributed by atoms with Crippen molar-refractivity contribution in [3.8, 4) is 17.2 Å². The quantitative estimate of drug-likeness (QED) is 0.542. The van der Waals surface area contributed by atoms with E-state index in [1.165, 1.54) is 5.56 Å². The van der Waals surface area contributed by atoms with E-state index in [1.807, 2.05) is 30.3 Å². The molecule has 1 N–H and O–H groups in total. The molecule has 2 heterocycles. The first-order valence-corrected chi connectivity index (χ1v) is 8.76. The molecule has 4 aromatic rings. The minimum Gasteiger partial charge on any atom is -0.497 e. The molecule has 126 valence electrons.